The molecule has 0 aliphatic carbocycles. The quantitative estimate of drug-likeness (QED) is 0.695. The van der Waals surface area contributed by atoms with Crippen LogP contribution < -0.4 is 15.8 Å². The number of ether oxygens (including phenoxy) is 1. The van der Waals surface area contributed by atoms with Crippen molar-refractivity contribution in [2.24, 2.45) is 0 Å². The molecule has 1 heterocycles. The van der Waals surface area contributed by atoms with Gasteiger partial charge in [-0.05, 0) is 19.5 Å². The first-order chi connectivity index (χ1) is 6.83. The Morgan fingerprint density at radius 3 is 3.21 bits per heavy atom. The van der Waals surface area contributed by atoms with Crippen LogP contribution in [-0.4, -0.2) is 20.2 Å². The Bertz CT molecular complexity index is 325. The van der Waals surface area contributed by atoms with Crippen LogP contribution in [0.25, 0.3) is 0 Å². The summed E-state index contributed by atoms with van der Waals surface area (Å²) in [4.78, 5) is 0. The molecule has 2 rings (SSSR count). The van der Waals surface area contributed by atoms with Gasteiger partial charge in [0.25, 0.3) is 0 Å². The smallest absolute Gasteiger partial charge is 0.145 e. The Morgan fingerprint density at radius 1 is 1.57 bits per heavy atom. The number of rotatable bonds is 2. The molecule has 14 heavy (non-hydrogen) atoms. The lowest BCUT2D eigenvalue weighted by molar-refractivity contribution is 0.267. The first-order valence-corrected chi connectivity index (χ1v) is 4.98. The normalized spacial score (nSPS) is 19.9. The maximum Gasteiger partial charge on any atom is 0.145 e. The number of nitrogens with two attached hydrogens (primary N) is 1. The lowest BCUT2D eigenvalue weighted by atomic mass is 9.92. The number of hydrogen-bond acceptors (Lipinski definition) is 3. The van der Waals surface area contributed by atoms with Gasteiger partial charge in [-0.25, -0.2) is 0 Å². The van der Waals surface area contributed by atoms with Gasteiger partial charge in [0.15, 0.2) is 0 Å². The van der Waals surface area contributed by atoms with Gasteiger partial charge in [0, 0.05) is 18.0 Å². The van der Waals surface area contributed by atoms with Crippen molar-refractivity contribution in [2.45, 2.75) is 12.3 Å². The van der Waals surface area contributed by atoms with Crippen LogP contribution >= 0.6 is 0 Å². The van der Waals surface area contributed by atoms with E-state index in [-0.39, 0.29) is 0 Å². The van der Waals surface area contributed by atoms with Gasteiger partial charge < -0.3 is 15.8 Å². The highest BCUT2D eigenvalue weighted by atomic mass is 16.5. The van der Waals surface area contributed by atoms with E-state index < -0.39 is 0 Å². The van der Waals surface area contributed by atoms with Crippen LogP contribution in [0.5, 0.6) is 5.75 Å². The topological polar surface area (TPSA) is 47.3 Å². The van der Waals surface area contributed by atoms with Gasteiger partial charge >= 0.3 is 0 Å². The lowest BCUT2D eigenvalue weighted by Gasteiger charge is -2.26. The number of hydrogen-bond donors (Lipinski definition) is 2. The molecule has 1 aromatic rings. The minimum absolute atomic E-state index is 0.534. The summed E-state index contributed by atoms with van der Waals surface area (Å²) in [6.07, 6.45) is 1.07. The molecule has 1 aliphatic heterocycles. The van der Waals surface area contributed by atoms with Crippen molar-refractivity contribution in [1.29, 1.82) is 0 Å². The molecule has 3 N–H and O–H groups in total. The van der Waals surface area contributed by atoms with Gasteiger partial charge in [-0.3, -0.25) is 0 Å². The van der Waals surface area contributed by atoms with Crippen molar-refractivity contribution >= 4 is 5.69 Å². The average molecular weight is 192 g/mol. The standard InChI is InChI=1S/C11H16N2O/c1-13-7-8-5-6-14-11-9(8)3-2-4-10(11)12/h2-4,8,13H,5-7,12H2,1H3. The van der Waals surface area contributed by atoms with E-state index in [2.05, 4.69) is 11.4 Å². The van der Waals surface area contributed by atoms with Crippen molar-refractivity contribution in [1.82, 2.24) is 5.32 Å². The average Bonchev–Trinajstić information content (AvgIpc) is 2.20. The van der Waals surface area contributed by atoms with Crippen molar-refractivity contribution in [2.75, 3.05) is 25.9 Å². The number of likely N-dealkylation sites (N-methyl/N-ethyl adjacent to an activating group) is 1. The number of anilines is 1. The summed E-state index contributed by atoms with van der Waals surface area (Å²) in [7, 11) is 1.97. The molecular weight excluding hydrogens is 176 g/mol. The van der Waals surface area contributed by atoms with Gasteiger partial charge in [0.05, 0.1) is 12.3 Å². The second-order valence-corrected chi connectivity index (χ2v) is 3.66. The molecule has 0 saturated carbocycles. The fourth-order valence-corrected chi connectivity index (χ4v) is 1.98. The van der Waals surface area contributed by atoms with Crippen molar-refractivity contribution < 1.29 is 4.74 Å². The fourth-order valence-electron chi connectivity index (χ4n) is 1.98. The Hall–Kier alpha value is -1.22. The Balaban J connectivity index is 2.34. The van der Waals surface area contributed by atoms with Crippen LogP contribution in [0.3, 0.4) is 0 Å². The highest BCUT2D eigenvalue weighted by Crippen LogP contribution is 2.37. The van der Waals surface area contributed by atoms with E-state index in [0.717, 1.165) is 31.0 Å². The first-order valence-electron chi connectivity index (χ1n) is 4.98. The van der Waals surface area contributed by atoms with E-state index in [1.807, 2.05) is 19.2 Å². The number of benzene rings is 1. The van der Waals surface area contributed by atoms with E-state index >= 15 is 0 Å². The monoisotopic (exact) mass is 192 g/mol. The van der Waals surface area contributed by atoms with Crippen LogP contribution in [0.1, 0.15) is 17.9 Å². The van der Waals surface area contributed by atoms with Crippen LogP contribution in [0.4, 0.5) is 5.69 Å². The molecule has 0 fully saturated rings. The molecule has 1 unspecified atom stereocenters. The maximum absolute atomic E-state index is 5.85. The molecule has 1 aromatic carbocycles. The zero-order chi connectivity index (χ0) is 9.97. The summed E-state index contributed by atoms with van der Waals surface area (Å²) in [6, 6.07) is 5.99. The minimum Gasteiger partial charge on any atom is -0.491 e. The Morgan fingerprint density at radius 2 is 2.43 bits per heavy atom. The summed E-state index contributed by atoms with van der Waals surface area (Å²) in [5.41, 5.74) is 7.85. The van der Waals surface area contributed by atoms with E-state index in [4.69, 9.17) is 10.5 Å². The molecular formula is C11H16N2O. The molecule has 0 radical (unpaired) electrons. The minimum atomic E-state index is 0.534. The van der Waals surface area contributed by atoms with Gasteiger partial charge in [-0.2, -0.15) is 0 Å². The second-order valence-electron chi connectivity index (χ2n) is 3.66. The van der Waals surface area contributed by atoms with E-state index in [0.29, 0.717) is 5.92 Å². The zero-order valence-electron chi connectivity index (χ0n) is 8.42. The summed E-state index contributed by atoms with van der Waals surface area (Å²) < 4.78 is 5.58. The third-order valence-electron chi connectivity index (χ3n) is 2.68. The molecule has 0 bridgehead atoms. The molecule has 0 spiro atoms. The van der Waals surface area contributed by atoms with Crippen molar-refractivity contribution in [3.05, 3.63) is 23.8 Å². The molecule has 76 valence electrons. The van der Waals surface area contributed by atoms with Gasteiger partial charge in [0.1, 0.15) is 5.75 Å². The number of nitrogens with one attached hydrogen (secondary N) is 1. The predicted molar refractivity (Wildman–Crippen MR) is 57.6 cm³/mol. The van der Waals surface area contributed by atoms with Gasteiger partial charge in [-0.15, -0.1) is 0 Å². The summed E-state index contributed by atoms with van der Waals surface area (Å²) in [5.74, 6) is 1.42. The van der Waals surface area contributed by atoms with Crippen LogP contribution in [-0.2, 0) is 0 Å². The molecule has 3 heteroatoms. The van der Waals surface area contributed by atoms with Gasteiger partial charge in [0.2, 0.25) is 0 Å². The number of fused-ring (bicyclic) bond motifs is 1. The Kier molecular flexibility index (Phi) is 2.59. The number of para-hydroxylation sites is 1. The summed E-state index contributed by atoms with van der Waals surface area (Å²) in [5, 5.41) is 3.20. The molecule has 0 aromatic heterocycles. The molecule has 0 amide bonds. The largest absolute Gasteiger partial charge is 0.491 e. The lowest BCUT2D eigenvalue weighted by Crippen LogP contribution is -2.23. The first kappa shape index (κ1) is 9.34. The van der Waals surface area contributed by atoms with E-state index in [1.54, 1.807) is 0 Å². The Labute approximate surface area is 84.3 Å². The highest BCUT2D eigenvalue weighted by molar-refractivity contribution is 5.58. The van der Waals surface area contributed by atoms with Crippen LogP contribution in [0.2, 0.25) is 0 Å². The van der Waals surface area contributed by atoms with Gasteiger partial charge in [-0.1, -0.05) is 12.1 Å². The maximum atomic E-state index is 5.85. The molecule has 1 aliphatic rings. The summed E-state index contributed by atoms with van der Waals surface area (Å²) >= 11 is 0. The second kappa shape index (κ2) is 3.88. The molecule has 3 nitrogen and oxygen atoms in total. The van der Waals surface area contributed by atoms with Crippen molar-refractivity contribution in [3.63, 3.8) is 0 Å². The number of nitrogen functional groups attached to an aromatic ring is 1. The van der Waals surface area contributed by atoms with Crippen molar-refractivity contribution in [3.8, 4) is 5.75 Å². The zero-order valence-corrected chi connectivity index (χ0v) is 8.42. The van der Waals surface area contributed by atoms with Crippen LogP contribution in [0, 0.1) is 0 Å². The SMILES string of the molecule is CNCC1CCOc2c(N)cccc21. The third kappa shape index (κ3) is 1.55. The van der Waals surface area contributed by atoms with E-state index in [1.165, 1.54) is 5.56 Å². The molecule has 1 atom stereocenters. The third-order valence-corrected chi connectivity index (χ3v) is 2.68. The highest BCUT2D eigenvalue weighted by Gasteiger charge is 2.21. The molecule has 0 saturated heterocycles. The summed E-state index contributed by atoms with van der Waals surface area (Å²) in [6.45, 7) is 1.76. The predicted octanol–water partition coefficient (Wildman–Crippen LogP) is 1.35. The van der Waals surface area contributed by atoms with Crippen LogP contribution in [0.15, 0.2) is 18.2 Å². The fraction of sp³-hybridized carbons (Fsp3) is 0.455. The van der Waals surface area contributed by atoms with E-state index in [9.17, 15) is 0 Å².